The smallest absolute Gasteiger partial charge is 0.218 e. The molecule has 0 fully saturated rings. The van der Waals surface area contributed by atoms with Crippen LogP contribution in [0.3, 0.4) is 0 Å². The van der Waals surface area contributed by atoms with E-state index in [-0.39, 0.29) is 0 Å². The third kappa shape index (κ3) is 3.62. The number of methoxy groups -OCH3 is 1. The van der Waals surface area contributed by atoms with Crippen molar-refractivity contribution in [3.8, 4) is 11.6 Å². The number of para-hydroxylation sites is 1. The number of rotatable bonds is 6. The molecule has 0 saturated heterocycles. The van der Waals surface area contributed by atoms with Gasteiger partial charge in [-0.3, -0.25) is 0 Å². The fourth-order valence-electron chi connectivity index (χ4n) is 1.41. The third-order valence-corrected chi connectivity index (χ3v) is 2.27. The Balaban J connectivity index is 1.75. The van der Waals surface area contributed by atoms with Crippen LogP contribution in [-0.4, -0.2) is 30.2 Å². The van der Waals surface area contributed by atoms with Crippen LogP contribution in [0.2, 0.25) is 0 Å². The summed E-state index contributed by atoms with van der Waals surface area (Å²) in [5.41, 5.74) is 0. The molecule has 0 atom stereocenters. The van der Waals surface area contributed by atoms with Crippen molar-refractivity contribution >= 4 is 5.82 Å². The van der Waals surface area contributed by atoms with Gasteiger partial charge in [0.15, 0.2) is 0 Å². The van der Waals surface area contributed by atoms with Crippen molar-refractivity contribution in [3.63, 3.8) is 0 Å². The minimum Gasteiger partial charge on any atom is -0.492 e. The van der Waals surface area contributed by atoms with Gasteiger partial charge in [-0.1, -0.05) is 18.2 Å². The van der Waals surface area contributed by atoms with Crippen molar-refractivity contribution in [3.05, 3.63) is 42.7 Å². The van der Waals surface area contributed by atoms with Crippen LogP contribution in [0.1, 0.15) is 0 Å². The average Bonchev–Trinajstić information content (AvgIpc) is 2.45. The molecule has 0 unspecified atom stereocenters. The van der Waals surface area contributed by atoms with E-state index in [0.717, 1.165) is 11.6 Å². The zero-order valence-electron chi connectivity index (χ0n) is 10.2. The van der Waals surface area contributed by atoms with Crippen molar-refractivity contribution in [1.82, 2.24) is 9.97 Å². The largest absolute Gasteiger partial charge is 0.492 e. The lowest BCUT2D eigenvalue weighted by Gasteiger charge is -2.08. The maximum Gasteiger partial charge on any atom is 0.218 e. The molecule has 5 nitrogen and oxygen atoms in total. The van der Waals surface area contributed by atoms with Crippen LogP contribution >= 0.6 is 0 Å². The number of anilines is 1. The highest BCUT2D eigenvalue weighted by molar-refractivity contribution is 5.36. The summed E-state index contributed by atoms with van der Waals surface area (Å²) >= 11 is 0. The van der Waals surface area contributed by atoms with Crippen LogP contribution in [0.25, 0.3) is 0 Å². The van der Waals surface area contributed by atoms with E-state index in [0.29, 0.717) is 19.0 Å². The summed E-state index contributed by atoms with van der Waals surface area (Å²) in [6.45, 7) is 1.23. The van der Waals surface area contributed by atoms with E-state index in [1.165, 1.54) is 6.33 Å². The van der Waals surface area contributed by atoms with Gasteiger partial charge in [-0.2, -0.15) is 0 Å². The van der Waals surface area contributed by atoms with Gasteiger partial charge in [0.25, 0.3) is 0 Å². The minimum atomic E-state index is 0.538. The molecule has 2 aromatic rings. The van der Waals surface area contributed by atoms with Gasteiger partial charge in [-0.15, -0.1) is 0 Å². The van der Waals surface area contributed by atoms with Gasteiger partial charge in [0.1, 0.15) is 24.5 Å². The monoisotopic (exact) mass is 245 g/mol. The lowest BCUT2D eigenvalue weighted by Crippen LogP contribution is -2.12. The molecule has 0 radical (unpaired) electrons. The zero-order valence-corrected chi connectivity index (χ0v) is 10.2. The van der Waals surface area contributed by atoms with E-state index in [1.807, 2.05) is 30.3 Å². The standard InChI is InChI=1S/C13H15N3O2/c1-17-13-9-12(15-10-16-13)14-7-8-18-11-5-3-2-4-6-11/h2-6,9-10H,7-8H2,1H3,(H,14,15,16). The fraction of sp³-hybridized carbons (Fsp3) is 0.231. The predicted molar refractivity (Wildman–Crippen MR) is 69.0 cm³/mol. The molecule has 0 saturated carbocycles. The summed E-state index contributed by atoms with van der Waals surface area (Å²) in [5.74, 6) is 2.12. The van der Waals surface area contributed by atoms with Gasteiger partial charge in [-0.05, 0) is 12.1 Å². The third-order valence-electron chi connectivity index (χ3n) is 2.27. The van der Waals surface area contributed by atoms with Gasteiger partial charge >= 0.3 is 0 Å². The normalized spacial score (nSPS) is 9.83. The number of ether oxygens (including phenoxy) is 2. The Morgan fingerprint density at radius 1 is 1.17 bits per heavy atom. The Morgan fingerprint density at radius 3 is 2.78 bits per heavy atom. The highest BCUT2D eigenvalue weighted by Gasteiger charge is 1.97. The summed E-state index contributed by atoms with van der Waals surface area (Å²) < 4.78 is 10.6. The molecule has 2 rings (SSSR count). The van der Waals surface area contributed by atoms with Gasteiger partial charge in [0, 0.05) is 6.07 Å². The minimum absolute atomic E-state index is 0.538. The van der Waals surface area contributed by atoms with Crippen LogP contribution in [0.5, 0.6) is 11.6 Å². The van der Waals surface area contributed by atoms with Gasteiger partial charge in [0.2, 0.25) is 5.88 Å². The van der Waals surface area contributed by atoms with E-state index in [1.54, 1.807) is 13.2 Å². The van der Waals surface area contributed by atoms with Crippen LogP contribution in [0, 0.1) is 0 Å². The Morgan fingerprint density at radius 2 is 2.00 bits per heavy atom. The maximum absolute atomic E-state index is 5.55. The molecule has 18 heavy (non-hydrogen) atoms. The molecule has 0 spiro atoms. The van der Waals surface area contributed by atoms with Crippen LogP contribution in [0.15, 0.2) is 42.7 Å². The quantitative estimate of drug-likeness (QED) is 0.788. The Hall–Kier alpha value is -2.30. The molecule has 0 amide bonds. The number of aromatic nitrogens is 2. The average molecular weight is 245 g/mol. The second kappa shape index (κ2) is 6.44. The van der Waals surface area contributed by atoms with Crippen LogP contribution in [-0.2, 0) is 0 Å². The highest BCUT2D eigenvalue weighted by atomic mass is 16.5. The van der Waals surface area contributed by atoms with Crippen molar-refractivity contribution in [2.24, 2.45) is 0 Å². The number of nitrogens with one attached hydrogen (secondary N) is 1. The second-order valence-electron chi connectivity index (χ2n) is 3.53. The van der Waals surface area contributed by atoms with E-state index in [4.69, 9.17) is 9.47 Å². The van der Waals surface area contributed by atoms with E-state index >= 15 is 0 Å². The summed E-state index contributed by atoms with van der Waals surface area (Å²) in [5, 5.41) is 3.13. The molecule has 0 aliphatic carbocycles. The van der Waals surface area contributed by atoms with Crippen molar-refractivity contribution in [2.75, 3.05) is 25.6 Å². The summed E-state index contributed by atoms with van der Waals surface area (Å²) in [7, 11) is 1.57. The molecule has 1 heterocycles. The van der Waals surface area contributed by atoms with Gasteiger partial charge < -0.3 is 14.8 Å². The number of benzene rings is 1. The molecular formula is C13H15N3O2. The lowest BCUT2D eigenvalue weighted by molar-refractivity contribution is 0.332. The zero-order chi connectivity index (χ0) is 12.6. The summed E-state index contributed by atoms with van der Waals surface area (Å²) in [4.78, 5) is 8.00. The molecule has 1 N–H and O–H groups in total. The number of hydrogen-bond donors (Lipinski definition) is 1. The summed E-state index contributed by atoms with van der Waals surface area (Å²) in [6, 6.07) is 11.4. The number of nitrogens with zero attached hydrogens (tertiary/aromatic N) is 2. The van der Waals surface area contributed by atoms with Gasteiger partial charge in [0.05, 0.1) is 13.7 Å². The summed E-state index contributed by atoms with van der Waals surface area (Å²) in [6.07, 6.45) is 1.46. The first-order valence-electron chi connectivity index (χ1n) is 5.66. The Kier molecular flexibility index (Phi) is 4.35. The number of hydrogen-bond acceptors (Lipinski definition) is 5. The Labute approximate surface area is 106 Å². The van der Waals surface area contributed by atoms with Crippen molar-refractivity contribution in [1.29, 1.82) is 0 Å². The molecule has 0 aliphatic heterocycles. The first-order valence-corrected chi connectivity index (χ1v) is 5.66. The topological polar surface area (TPSA) is 56.3 Å². The lowest BCUT2D eigenvalue weighted by atomic mass is 10.3. The Bertz CT molecular complexity index is 477. The second-order valence-corrected chi connectivity index (χ2v) is 3.53. The van der Waals surface area contributed by atoms with Gasteiger partial charge in [-0.25, -0.2) is 9.97 Å². The van der Waals surface area contributed by atoms with Crippen molar-refractivity contribution < 1.29 is 9.47 Å². The predicted octanol–water partition coefficient (Wildman–Crippen LogP) is 1.98. The van der Waals surface area contributed by atoms with E-state index in [9.17, 15) is 0 Å². The first-order chi connectivity index (χ1) is 8.88. The molecule has 94 valence electrons. The molecule has 0 aliphatic rings. The first kappa shape index (κ1) is 12.2. The van der Waals surface area contributed by atoms with Crippen LogP contribution in [0.4, 0.5) is 5.82 Å². The van der Waals surface area contributed by atoms with E-state index < -0.39 is 0 Å². The maximum atomic E-state index is 5.55. The SMILES string of the molecule is COc1cc(NCCOc2ccccc2)ncn1. The van der Waals surface area contributed by atoms with E-state index in [2.05, 4.69) is 15.3 Å². The molecule has 5 heteroatoms. The van der Waals surface area contributed by atoms with Crippen LogP contribution < -0.4 is 14.8 Å². The molecular weight excluding hydrogens is 230 g/mol. The highest BCUT2D eigenvalue weighted by Crippen LogP contribution is 2.10. The molecule has 1 aromatic carbocycles. The van der Waals surface area contributed by atoms with Crippen molar-refractivity contribution in [2.45, 2.75) is 0 Å². The molecule has 0 bridgehead atoms. The molecule has 1 aromatic heterocycles. The fourth-order valence-corrected chi connectivity index (χ4v) is 1.41.